The SMILES string of the molecule is NCC(=O)NC(CS)C(=O)NCCCCS. The summed E-state index contributed by atoms with van der Waals surface area (Å²) in [4.78, 5) is 22.6. The highest BCUT2D eigenvalue weighted by molar-refractivity contribution is 7.80. The minimum Gasteiger partial charge on any atom is -0.354 e. The zero-order valence-electron chi connectivity index (χ0n) is 9.11. The maximum absolute atomic E-state index is 11.6. The molecule has 7 heteroatoms. The number of carbonyl (C=O) groups excluding carboxylic acids is 2. The van der Waals surface area contributed by atoms with Crippen LogP contribution in [0.15, 0.2) is 0 Å². The molecule has 0 aliphatic carbocycles. The van der Waals surface area contributed by atoms with Crippen LogP contribution in [0.3, 0.4) is 0 Å². The second kappa shape index (κ2) is 9.80. The van der Waals surface area contributed by atoms with Crippen LogP contribution in [0.2, 0.25) is 0 Å². The van der Waals surface area contributed by atoms with Gasteiger partial charge >= 0.3 is 0 Å². The van der Waals surface area contributed by atoms with Crippen LogP contribution in [-0.4, -0.2) is 42.5 Å². The molecule has 0 heterocycles. The highest BCUT2D eigenvalue weighted by Gasteiger charge is 2.17. The molecular weight excluding hydrogens is 246 g/mol. The Bertz CT molecular complexity index is 227. The van der Waals surface area contributed by atoms with Crippen LogP contribution in [0.25, 0.3) is 0 Å². The predicted molar refractivity (Wildman–Crippen MR) is 70.9 cm³/mol. The van der Waals surface area contributed by atoms with E-state index in [2.05, 4.69) is 35.9 Å². The Balaban J connectivity index is 3.87. The highest BCUT2D eigenvalue weighted by atomic mass is 32.1. The molecule has 94 valence electrons. The van der Waals surface area contributed by atoms with Crippen LogP contribution in [0.1, 0.15) is 12.8 Å². The van der Waals surface area contributed by atoms with Gasteiger partial charge in [-0.05, 0) is 18.6 Å². The van der Waals surface area contributed by atoms with Crippen molar-refractivity contribution in [2.45, 2.75) is 18.9 Å². The summed E-state index contributed by atoms with van der Waals surface area (Å²) in [5.41, 5.74) is 5.14. The molecule has 2 amide bonds. The molecule has 0 radical (unpaired) electrons. The van der Waals surface area contributed by atoms with Crippen molar-refractivity contribution >= 4 is 37.1 Å². The molecule has 0 aliphatic rings. The van der Waals surface area contributed by atoms with E-state index in [9.17, 15) is 9.59 Å². The van der Waals surface area contributed by atoms with Crippen LogP contribution in [0.4, 0.5) is 0 Å². The molecule has 4 N–H and O–H groups in total. The van der Waals surface area contributed by atoms with Gasteiger partial charge in [-0.3, -0.25) is 9.59 Å². The van der Waals surface area contributed by atoms with Gasteiger partial charge < -0.3 is 16.4 Å². The Labute approximate surface area is 107 Å². The van der Waals surface area contributed by atoms with Crippen LogP contribution in [0.5, 0.6) is 0 Å². The van der Waals surface area contributed by atoms with Crippen molar-refractivity contribution < 1.29 is 9.59 Å². The molecule has 0 aliphatic heterocycles. The van der Waals surface area contributed by atoms with Crippen LogP contribution in [0, 0.1) is 0 Å². The fourth-order valence-corrected chi connectivity index (χ4v) is 1.50. The average molecular weight is 265 g/mol. The van der Waals surface area contributed by atoms with Gasteiger partial charge in [-0.2, -0.15) is 25.3 Å². The molecule has 0 spiro atoms. The first-order chi connectivity index (χ1) is 7.65. The molecule has 0 bridgehead atoms. The smallest absolute Gasteiger partial charge is 0.243 e. The molecule has 1 unspecified atom stereocenters. The van der Waals surface area contributed by atoms with Gasteiger partial charge in [0, 0.05) is 12.3 Å². The lowest BCUT2D eigenvalue weighted by Gasteiger charge is -2.15. The van der Waals surface area contributed by atoms with Crippen LogP contribution < -0.4 is 16.4 Å². The Morgan fingerprint density at radius 3 is 2.44 bits per heavy atom. The Morgan fingerprint density at radius 2 is 1.94 bits per heavy atom. The zero-order valence-corrected chi connectivity index (χ0v) is 10.9. The maximum atomic E-state index is 11.6. The molecule has 0 aromatic heterocycles. The molecule has 0 saturated heterocycles. The van der Waals surface area contributed by atoms with Crippen LogP contribution in [-0.2, 0) is 9.59 Å². The van der Waals surface area contributed by atoms with Gasteiger partial charge in [0.1, 0.15) is 6.04 Å². The van der Waals surface area contributed by atoms with E-state index in [0.29, 0.717) is 6.54 Å². The average Bonchev–Trinajstić information content (AvgIpc) is 2.30. The third-order valence-corrected chi connectivity index (χ3v) is 2.59. The molecule has 0 saturated carbocycles. The van der Waals surface area contributed by atoms with Crippen molar-refractivity contribution in [1.82, 2.24) is 10.6 Å². The summed E-state index contributed by atoms with van der Waals surface area (Å²) in [6, 6.07) is -0.615. The standard InChI is InChI=1S/C9H19N3O2S2/c10-5-8(13)12-7(6-16)9(14)11-3-1-2-4-15/h7,15-16H,1-6,10H2,(H,11,14)(H,12,13). The van der Waals surface area contributed by atoms with E-state index >= 15 is 0 Å². The summed E-state index contributed by atoms with van der Waals surface area (Å²) < 4.78 is 0. The first-order valence-electron chi connectivity index (χ1n) is 5.14. The van der Waals surface area contributed by atoms with E-state index in [0.717, 1.165) is 18.6 Å². The minimum absolute atomic E-state index is 0.128. The van der Waals surface area contributed by atoms with Gasteiger partial charge in [0.2, 0.25) is 11.8 Å². The first kappa shape index (κ1) is 15.6. The van der Waals surface area contributed by atoms with E-state index in [1.54, 1.807) is 0 Å². The third kappa shape index (κ3) is 6.97. The number of unbranched alkanes of at least 4 members (excludes halogenated alkanes) is 1. The molecule has 5 nitrogen and oxygen atoms in total. The maximum Gasteiger partial charge on any atom is 0.243 e. The van der Waals surface area contributed by atoms with Gasteiger partial charge in [0.05, 0.1) is 6.54 Å². The minimum atomic E-state index is -0.615. The summed E-state index contributed by atoms with van der Waals surface area (Å²) in [6.07, 6.45) is 1.82. The lowest BCUT2D eigenvalue weighted by molar-refractivity contribution is -0.127. The van der Waals surface area contributed by atoms with Crippen molar-refractivity contribution in [3.8, 4) is 0 Å². The van der Waals surface area contributed by atoms with E-state index in [1.165, 1.54) is 0 Å². The zero-order chi connectivity index (χ0) is 12.4. The van der Waals surface area contributed by atoms with Crippen LogP contribution >= 0.6 is 25.3 Å². The monoisotopic (exact) mass is 265 g/mol. The second-order valence-corrected chi connectivity index (χ2v) is 4.04. The molecule has 16 heavy (non-hydrogen) atoms. The number of amides is 2. The molecule has 0 aromatic rings. The number of hydrogen-bond donors (Lipinski definition) is 5. The second-order valence-electron chi connectivity index (χ2n) is 3.23. The van der Waals surface area contributed by atoms with Gasteiger partial charge in [-0.25, -0.2) is 0 Å². The van der Waals surface area contributed by atoms with Crippen molar-refractivity contribution in [3.05, 3.63) is 0 Å². The van der Waals surface area contributed by atoms with Crippen molar-refractivity contribution in [2.75, 3.05) is 24.6 Å². The fraction of sp³-hybridized carbons (Fsp3) is 0.778. The van der Waals surface area contributed by atoms with E-state index in [-0.39, 0.29) is 24.1 Å². The summed E-state index contributed by atoms with van der Waals surface area (Å²) in [7, 11) is 0. The quantitative estimate of drug-likeness (QED) is 0.294. The fourth-order valence-electron chi connectivity index (χ4n) is 1.02. The molecule has 0 aromatic carbocycles. The van der Waals surface area contributed by atoms with Gasteiger partial charge in [-0.15, -0.1) is 0 Å². The van der Waals surface area contributed by atoms with E-state index in [1.807, 2.05) is 0 Å². The largest absolute Gasteiger partial charge is 0.354 e. The van der Waals surface area contributed by atoms with E-state index < -0.39 is 6.04 Å². The van der Waals surface area contributed by atoms with Crippen molar-refractivity contribution in [3.63, 3.8) is 0 Å². The summed E-state index contributed by atoms with van der Waals surface area (Å²) in [5.74, 6) is 0.473. The lowest BCUT2D eigenvalue weighted by Crippen LogP contribution is -2.49. The highest BCUT2D eigenvalue weighted by Crippen LogP contribution is 1.92. The summed E-state index contributed by atoms with van der Waals surface area (Å²) >= 11 is 8.07. The van der Waals surface area contributed by atoms with Gasteiger partial charge in [0.15, 0.2) is 0 Å². The molecular formula is C9H19N3O2S2. The Hall–Kier alpha value is -0.400. The van der Waals surface area contributed by atoms with Crippen molar-refractivity contribution in [1.29, 1.82) is 0 Å². The summed E-state index contributed by atoms with van der Waals surface area (Å²) in [5, 5.41) is 5.21. The van der Waals surface area contributed by atoms with Crippen molar-refractivity contribution in [2.24, 2.45) is 5.73 Å². The lowest BCUT2D eigenvalue weighted by atomic mass is 10.3. The number of nitrogens with two attached hydrogens (primary N) is 1. The number of hydrogen-bond acceptors (Lipinski definition) is 5. The topological polar surface area (TPSA) is 84.2 Å². The number of rotatable bonds is 8. The normalized spacial score (nSPS) is 11.9. The number of carbonyl (C=O) groups is 2. The third-order valence-electron chi connectivity index (χ3n) is 1.90. The Kier molecular flexibility index (Phi) is 9.55. The summed E-state index contributed by atoms with van der Waals surface area (Å²) in [6.45, 7) is 0.458. The Morgan fingerprint density at radius 1 is 1.25 bits per heavy atom. The molecule has 0 rings (SSSR count). The molecule has 1 atom stereocenters. The van der Waals surface area contributed by atoms with E-state index in [4.69, 9.17) is 5.73 Å². The number of thiol groups is 2. The first-order valence-corrected chi connectivity index (χ1v) is 6.41. The van der Waals surface area contributed by atoms with Gasteiger partial charge in [0.25, 0.3) is 0 Å². The molecule has 0 fully saturated rings. The van der Waals surface area contributed by atoms with Gasteiger partial charge in [-0.1, -0.05) is 0 Å². The predicted octanol–water partition coefficient (Wildman–Crippen LogP) is -0.814. The number of nitrogens with one attached hydrogen (secondary N) is 2.